The van der Waals surface area contributed by atoms with Crippen LogP contribution < -0.4 is 15.8 Å². The molecule has 5 nitrogen and oxygen atoms in total. The zero-order valence-electron chi connectivity index (χ0n) is 15.3. The predicted octanol–water partition coefficient (Wildman–Crippen LogP) is 3.00. The van der Waals surface area contributed by atoms with Crippen molar-refractivity contribution in [3.8, 4) is 5.75 Å². The van der Waals surface area contributed by atoms with Gasteiger partial charge in [0, 0.05) is 30.7 Å². The summed E-state index contributed by atoms with van der Waals surface area (Å²) < 4.78 is 5.75. The molecule has 1 fully saturated rings. The summed E-state index contributed by atoms with van der Waals surface area (Å²) in [6, 6.07) is 16.4. The number of halogens is 1. The van der Waals surface area contributed by atoms with Gasteiger partial charge < -0.3 is 15.8 Å². The van der Waals surface area contributed by atoms with Crippen LogP contribution in [0.2, 0.25) is 5.02 Å². The lowest BCUT2D eigenvalue weighted by Gasteiger charge is -2.32. The number of ether oxygens (including phenoxy) is 1. The Bertz CT molecular complexity index is 716. The number of amides is 1. The van der Waals surface area contributed by atoms with E-state index in [1.54, 1.807) is 0 Å². The number of nitrogens with one attached hydrogen (secondary N) is 1. The first-order chi connectivity index (χ1) is 13.1. The Morgan fingerprint density at radius 2 is 1.81 bits per heavy atom. The molecule has 0 aromatic heterocycles. The Hall–Kier alpha value is -2.08. The summed E-state index contributed by atoms with van der Waals surface area (Å²) in [5, 5.41) is 3.80. The summed E-state index contributed by atoms with van der Waals surface area (Å²) in [4.78, 5) is 14.7. The molecule has 27 heavy (non-hydrogen) atoms. The molecule has 3 rings (SSSR count). The molecule has 1 atom stereocenters. The van der Waals surface area contributed by atoms with Gasteiger partial charge in [0.1, 0.15) is 18.4 Å². The minimum atomic E-state index is -0.614. The van der Waals surface area contributed by atoms with Gasteiger partial charge in [0.15, 0.2) is 0 Å². The molecule has 144 valence electrons. The Kier molecular flexibility index (Phi) is 7.10. The van der Waals surface area contributed by atoms with Crippen LogP contribution in [-0.4, -0.2) is 43.1 Å². The van der Waals surface area contributed by atoms with E-state index in [0.29, 0.717) is 11.6 Å². The van der Waals surface area contributed by atoms with Gasteiger partial charge in [0.05, 0.1) is 0 Å². The SMILES string of the molecule is NC(C(=O)NC1CCN(CCOc2ccc(Cl)cc2)CC1)c1ccccc1. The van der Waals surface area contributed by atoms with Crippen molar-refractivity contribution in [1.29, 1.82) is 0 Å². The lowest BCUT2D eigenvalue weighted by molar-refractivity contribution is -0.123. The molecule has 1 aliphatic heterocycles. The van der Waals surface area contributed by atoms with Crippen LogP contribution in [0.5, 0.6) is 5.75 Å². The molecule has 1 aliphatic rings. The fourth-order valence-electron chi connectivity index (χ4n) is 3.23. The molecule has 1 heterocycles. The molecule has 1 saturated heterocycles. The van der Waals surface area contributed by atoms with Gasteiger partial charge in [-0.3, -0.25) is 9.69 Å². The molecule has 0 aliphatic carbocycles. The average molecular weight is 388 g/mol. The van der Waals surface area contributed by atoms with E-state index in [2.05, 4.69) is 10.2 Å². The number of hydrogen-bond acceptors (Lipinski definition) is 4. The number of carbonyl (C=O) groups is 1. The topological polar surface area (TPSA) is 67.6 Å². The summed E-state index contributed by atoms with van der Waals surface area (Å²) in [7, 11) is 0. The van der Waals surface area contributed by atoms with Gasteiger partial charge in [0.2, 0.25) is 5.91 Å². The van der Waals surface area contributed by atoms with Gasteiger partial charge in [-0.1, -0.05) is 41.9 Å². The largest absolute Gasteiger partial charge is 0.492 e. The van der Waals surface area contributed by atoms with Crippen molar-refractivity contribution < 1.29 is 9.53 Å². The summed E-state index contributed by atoms with van der Waals surface area (Å²) >= 11 is 5.87. The highest BCUT2D eigenvalue weighted by Gasteiger charge is 2.23. The zero-order chi connectivity index (χ0) is 19.1. The van der Waals surface area contributed by atoms with Crippen molar-refractivity contribution in [2.45, 2.75) is 24.9 Å². The van der Waals surface area contributed by atoms with Crippen LogP contribution in [0.3, 0.4) is 0 Å². The third kappa shape index (κ3) is 5.96. The lowest BCUT2D eigenvalue weighted by Crippen LogP contribution is -2.47. The first-order valence-electron chi connectivity index (χ1n) is 9.33. The molecule has 0 spiro atoms. The van der Waals surface area contributed by atoms with E-state index in [9.17, 15) is 4.79 Å². The number of benzene rings is 2. The number of rotatable bonds is 7. The molecule has 2 aromatic rings. The third-order valence-corrected chi connectivity index (χ3v) is 5.12. The molecule has 1 unspecified atom stereocenters. The Balaban J connectivity index is 1.36. The molecule has 1 amide bonds. The van der Waals surface area contributed by atoms with Crippen LogP contribution in [0.4, 0.5) is 0 Å². The number of likely N-dealkylation sites (tertiary alicyclic amines) is 1. The number of nitrogens with two attached hydrogens (primary N) is 1. The molecular formula is C21H26ClN3O2. The van der Waals surface area contributed by atoms with E-state index in [1.807, 2.05) is 54.6 Å². The normalized spacial score (nSPS) is 16.7. The quantitative estimate of drug-likeness (QED) is 0.766. The van der Waals surface area contributed by atoms with Crippen molar-refractivity contribution in [1.82, 2.24) is 10.2 Å². The second-order valence-corrected chi connectivity index (χ2v) is 7.25. The first-order valence-corrected chi connectivity index (χ1v) is 9.71. The van der Waals surface area contributed by atoms with Crippen molar-refractivity contribution in [3.63, 3.8) is 0 Å². The van der Waals surface area contributed by atoms with Crippen LogP contribution in [0.1, 0.15) is 24.4 Å². The Morgan fingerprint density at radius 3 is 2.48 bits per heavy atom. The highest BCUT2D eigenvalue weighted by molar-refractivity contribution is 6.30. The van der Waals surface area contributed by atoms with Gasteiger partial charge in [-0.25, -0.2) is 0 Å². The number of nitrogens with zero attached hydrogens (tertiary/aromatic N) is 1. The maximum Gasteiger partial charge on any atom is 0.241 e. The second-order valence-electron chi connectivity index (χ2n) is 6.82. The Morgan fingerprint density at radius 1 is 1.15 bits per heavy atom. The summed E-state index contributed by atoms with van der Waals surface area (Å²) in [5.74, 6) is 0.724. The summed E-state index contributed by atoms with van der Waals surface area (Å²) in [5.41, 5.74) is 6.91. The van der Waals surface area contributed by atoms with Gasteiger partial charge in [-0.2, -0.15) is 0 Å². The van der Waals surface area contributed by atoms with Crippen molar-refractivity contribution >= 4 is 17.5 Å². The Labute approximate surface area is 165 Å². The zero-order valence-corrected chi connectivity index (χ0v) is 16.1. The number of carbonyl (C=O) groups excluding carboxylic acids is 1. The van der Waals surface area contributed by atoms with Crippen molar-refractivity contribution in [2.75, 3.05) is 26.2 Å². The third-order valence-electron chi connectivity index (χ3n) is 4.87. The maximum atomic E-state index is 12.4. The van der Waals surface area contributed by atoms with Crippen LogP contribution in [0.25, 0.3) is 0 Å². The number of piperidine rings is 1. The molecular weight excluding hydrogens is 362 g/mol. The highest BCUT2D eigenvalue weighted by atomic mass is 35.5. The van der Waals surface area contributed by atoms with Gasteiger partial charge in [-0.15, -0.1) is 0 Å². The molecule has 0 saturated carbocycles. The van der Waals surface area contributed by atoms with Gasteiger partial charge >= 0.3 is 0 Å². The van der Waals surface area contributed by atoms with E-state index in [4.69, 9.17) is 22.1 Å². The minimum Gasteiger partial charge on any atom is -0.492 e. The van der Waals surface area contributed by atoms with Crippen LogP contribution >= 0.6 is 11.6 Å². The molecule has 2 aromatic carbocycles. The molecule has 0 bridgehead atoms. The monoisotopic (exact) mass is 387 g/mol. The van der Waals surface area contributed by atoms with Crippen LogP contribution in [0, 0.1) is 0 Å². The average Bonchev–Trinajstić information content (AvgIpc) is 2.71. The molecule has 6 heteroatoms. The van der Waals surface area contributed by atoms with Crippen molar-refractivity contribution in [3.05, 3.63) is 65.2 Å². The van der Waals surface area contributed by atoms with Gasteiger partial charge in [0.25, 0.3) is 0 Å². The smallest absolute Gasteiger partial charge is 0.241 e. The van der Waals surface area contributed by atoms with E-state index < -0.39 is 6.04 Å². The molecule has 0 radical (unpaired) electrons. The minimum absolute atomic E-state index is 0.106. The van der Waals surface area contributed by atoms with E-state index in [1.165, 1.54) is 0 Å². The highest BCUT2D eigenvalue weighted by Crippen LogP contribution is 2.16. The van der Waals surface area contributed by atoms with Crippen LogP contribution in [-0.2, 0) is 4.79 Å². The second kappa shape index (κ2) is 9.74. The van der Waals surface area contributed by atoms with E-state index in [-0.39, 0.29) is 11.9 Å². The fourth-order valence-corrected chi connectivity index (χ4v) is 3.35. The summed E-state index contributed by atoms with van der Waals surface area (Å²) in [6.45, 7) is 3.38. The van der Waals surface area contributed by atoms with E-state index in [0.717, 1.165) is 43.8 Å². The van der Waals surface area contributed by atoms with E-state index >= 15 is 0 Å². The number of hydrogen-bond donors (Lipinski definition) is 2. The first kappa shape index (κ1) is 19.7. The summed E-state index contributed by atoms with van der Waals surface area (Å²) in [6.07, 6.45) is 1.85. The maximum absolute atomic E-state index is 12.4. The predicted molar refractivity (Wildman–Crippen MR) is 108 cm³/mol. The van der Waals surface area contributed by atoms with Crippen LogP contribution in [0.15, 0.2) is 54.6 Å². The molecule has 3 N–H and O–H groups in total. The van der Waals surface area contributed by atoms with Gasteiger partial charge in [-0.05, 0) is 42.7 Å². The van der Waals surface area contributed by atoms with Crippen molar-refractivity contribution in [2.24, 2.45) is 5.73 Å². The fraction of sp³-hybridized carbons (Fsp3) is 0.381. The standard InChI is InChI=1S/C21H26ClN3O2/c22-17-6-8-19(9-7-17)27-15-14-25-12-10-18(11-13-25)24-21(26)20(23)16-4-2-1-3-5-16/h1-9,18,20H,10-15,23H2,(H,24,26). The lowest BCUT2D eigenvalue weighted by atomic mass is 10.0.